The Morgan fingerprint density at radius 3 is 2.64 bits per heavy atom. The zero-order valence-corrected chi connectivity index (χ0v) is 18.1. The summed E-state index contributed by atoms with van der Waals surface area (Å²) in [5.41, 5.74) is 1.46. The number of para-hydroxylation sites is 1. The van der Waals surface area contributed by atoms with Crippen LogP contribution in [0.4, 0.5) is 11.4 Å². The van der Waals surface area contributed by atoms with Crippen LogP contribution in [0, 0.1) is 10.1 Å². The molecule has 1 aliphatic heterocycles. The van der Waals surface area contributed by atoms with Gasteiger partial charge >= 0.3 is 0 Å². The van der Waals surface area contributed by atoms with E-state index in [1.54, 1.807) is 16.7 Å². The highest BCUT2D eigenvalue weighted by atomic mass is 32.2. The minimum Gasteiger partial charge on any atom is -0.301 e. The fourth-order valence-electron chi connectivity index (χ4n) is 4.01. The molecule has 0 saturated heterocycles. The zero-order valence-electron chi connectivity index (χ0n) is 17.3. The third kappa shape index (κ3) is 3.87. The van der Waals surface area contributed by atoms with Gasteiger partial charge in [-0.25, -0.2) is 4.98 Å². The first-order chi connectivity index (χ1) is 16.0. The number of fused-ring (bicyclic) bond motifs is 2. The van der Waals surface area contributed by atoms with Crippen molar-refractivity contribution in [3.8, 4) is 0 Å². The number of nitrogens with zero attached hydrogens (tertiary/aromatic N) is 4. The smallest absolute Gasteiger partial charge is 0.270 e. The van der Waals surface area contributed by atoms with E-state index < -0.39 is 10.5 Å². The van der Waals surface area contributed by atoms with Crippen LogP contribution in [0.25, 0.3) is 10.9 Å². The summed E-state index contributed by atoms with van der Waals surface area (Å²) in [4.78, 5) is 44.2. The van der Waals surface area contributed by atoms with Crippen molar-refractivity contribution < 1.29 is 9.72 Å². The summed E-state index contributed by atoms with van der Waals surface area (Å²) in [5.74, 6) is 0.425. The number of anilines is 1. The standard InChI is InChI=1S/C24H18N4O4S/c29-23(13-26-15-25-19-11-10-17(28(31)32)12-18(19)24(26)30)27-20-8-4-5-9-22(20)33-14-21(27)16-6-2-1-3-7-16/h1-12,15,21H,13-14H2/t21-/m0/s1. The highest BCUT2D eigenvalue weighted by Gasteiger charge is 2.32. The quantitative estimate of drug-likeness (QED) is 0.336. The number of nitro groups is 1. The highest BCUT2D eigenvalue weighted by Crippen LogP contribution is 2.43. The number of amides is 1. The lowest BCUT2D eigenvalue weighted by molar-refractivity contribution is -0.384. The van der Waals surface area contributed by atoms with Gasteiger partial charge < -0.3 is 4.90 Å². The van der Waals surface area contributed by atoms with Crippen LogP contribution in [0.2, 0.25) is 0 Å². The number of hydrogen-bond donors (Lipinski definition) is 0. The first-order valence-electron chi connectivity index (χ1n) is 10.3. The number of nitro benzene ring substituents is 1. The van der Waals surface area contributed by atoms with Crippen LogP contribution in [0.1, 0.15) is 11.6 Å². The second kappa shape index (κ2) is 8.51. The number of hydrogen-bond acceptors (Lipinski definition) is 6. The predicted molar refractivity (Wildman–Crippen MR) is 126 cm³/mol. The molecule has 8 nitrogen and oxygen atoms in total. The molecule has 0 bridgehead atoms. The molecule has 3 aromatic carbocycles. The number of non-ortho nitro benzene ring substituents is 1. The van der Waals surface area contributed by atoms with E-state index in [4.69, 9.17) is 0 Å². The van der Waals surface area contributed by atoms with Crippen molar-refractivity contribution in [3.05, 3.63) is 105 Å². The minimum atomic E-state index is -0.561. The molecular formula is C24H18N4O4S. The van der Waals surface area contributed by atoms with Crippen molar-refractivity contribution >= 4 is 39.9 Å². The summed E-state index contributed by atoms with van der Waals surface area (Å²) >= 11 is 1.69. The zero-order chi connectivity index (χ0) is 22.9. The van der Waals surface area contributed by atoms with Crippen LogP contribution < -0.4 is 10.5 Å². The molecule has 1 aliphatic rings. The molecule has 0 N–H and O–H groups in total. The van der Waals surface area contributed by atoms with Gasteiger partial charge in [-0.15, -0.1) is 11.8 Å². The van der Waals surface area contributed by atoms with Crippen molar-refractivity contribution in [2.75, 3.05) is 10.7 Å². The molecule has 9 heteroatoms. The molecule has 33 heavy (non-hydrogen) atoms. The molecule has 5 rings (SSSR count). The summed E-state index contributed by atoms with van der Waals surface area (Å²) in [5, 5.41) is 11.2. The summed E-state index contributed by atoms with van der Waals surface area (Å²) in [6.45, 7) is -0.229. The molecule has 0 aliphatic carbocycles. The number of aromatic nitrogens is 2. The molecule has 0 radical (unpaired) electrons. The molecular weight excluding hydrogens is 440 g/mol. The Labute approximate surface area is 192 Å². The van der Waals surface area contributed by atoms with Crippen molar-refractivity contribution in [1.82, 2.24) is 9.55 Å². The average molecular weight is 458 g/mol. The highest BCUT2D eigenvalue weighted by molar-refractivity contribution is 7.99. The van der Waals surface area contributed by atoms with Gasteiger partial charge in [-0.2, -0.15) is 0 Å². The Hall–Kier alpha value is -3.98. The molecule has 0 saturated carbocycles. The lowest BCUT2D eigenvalue weighted by Crippen LogP contribution is -2.42. The van der Waals surface area contributed by atoms with Crippen LogP contribution in [-0.4, -0.2) is 26.1 Å². The Morgan fingerprint density at radius 2 is 1.85 bits per heavy atom. The van der Waals surface area contributed by atoms with E-state index in [1.165, 1.54) is 29.1 Å². The second-order valence-corrected chi connectivity index (χ2v) is 8.67. The molecule has 0 unspecified atom stereocenters. The third-order valence-electron chi connectivity index (χ3n) is 5.61. The summed E-state index contributed by atoms with van der Waals surface area (Å²) in [6, 6.07) is 21.2. The number of carbonyl (C=O) groups is 1. The van der Waals surface area contributed by atoms with E-state index in [9.17, 15) is 19.7 Å². The van der Waals surface area contributed by atoms with Gasteiger partial charge in [0.2, 0.25) is 5.91 Å². The Bertz CT molecular complexity index is 1440. The van der Waals surface area contributed by atoms with Gasteiger partial charge in [0.15, 0.2) is 0 Å². The molecule has 1 aromatic heterocycles. The van der Waals surface area contributed by atoms with Crippen LogP contribution in [0.5, 0.6) is 0 Å². The van der Waals surface area contributed by atoms with E-state index >= 15 is 0 Å². The molecule has 1 atom stereocenters. The Morgan fingerprint density at radius 1 is 1.09 bits per heavy atom. The number of benzene rings is 3. The summed E-state index contributed by atoms with van der Waals surface area (Å²) in [6.07, 6.45) is 1.32. The van der Waals surface area contributed by atoms with Gasteiger partial charge in [0.1, 0.15) is 6.54 Å². The lowest BCUT2D eigenvalue weighted by atomic mass is 10.1. The first-order valence-corrected chi connectivity index (χ1v) is 11.2. The van der Waals surface area contributed by atoms with E-state index in [0.717, 1.165) is 16.1 Å². The van der Waals surface area contributed by atoms with Crippen LogP contribution in [0.15, 0.2) is 88.8 Å². The van der Waals surface area contributed by atoms with Gasteiger partial charge in [-0.05, 0) is 23.8 Å². The van der Waals surface area contributed by atoms with Crippen molar-refractivity contribution in [1.29, 1.82) is 0 Å². The normalized spacial score (nSPS) is 15.3. The minimum absolute atomic E-state index is 0.105. The molecule has 0 fully saturated rings. The first kappa shape index (κ1) is 20.9. The van der Waals surface area contributed by atoms with Gasteiger partial charge in [-0.1, -0.05) is 42.5 Å². The van der Waals surface area contributed by atoms with Crippen molar-refractivity contribution in [2.24, 2.45) is 0 Å². The fourth-order valence-corrected chi connectivity index (χ4v) is 5.18. The molecule has 0 spiro atoms. The summed E-state index contributed by atoms with van der Waals surface area (Å²) < 4.78 is 1.21. The maximum atomic E-state index is 13.6. The SMILES string of the molecule is O=C(Cn1cnc2ccc([N+](=O)[O-])cc2c1=O)N1c2ccccc2SC[C@H]1c1ccccc1. The Balaban J connectivity index is 1.55. The van der Waals surface area contributed by atoms with Gasteiger partial charge in [0.05, 0.1) is 33.9 Å². The van der Waals surface area contributed by atoms with Crippen molar-refractivity contribution in [3.63, 3.8) is 0 Å². The topological polar surface area (TPSA) is 98.3 Å². The van der Waals surface area contributed by atoms with Gasteiger partial charge in [-0.3, -0.25) is 24.3 Å². The monoisotopic (exact) mass is 458 g/mol. The maximum Gasteiger partial charge on any atom is 0.270 e. The number of rotatable bonds is 4. The third-order valence-corrected chi connectivity index (χ3v) is 6.75. The van der Waals surface area contributed by atoms with Gasteiger partial charge in [0, 0.05) is 22.8 Å². The van der Waals surface area contributed by atoms with Crippen LogP contribution in [-0.2, 0) is 11.3 Å². The van der Waals surface area contributed by atoms with Crippen LogP contribution >= 0.6 is 11.8 Å². The average Bonchev–Trinajstić information content (AvgIpc) is 2.85. The molecule has 4 aromatic rings. The molecule has 164 valence electrons. The Kier molecular flexibility index (Phi) is 5.39. The van der Waals surface area contributed by atoms with E-state index in [0.29, 0.717) is 11.3 Å². The number of carbonyl (C=O) groups excluding carboxylic acids is 1. The van der Waals surface area contributed by atoms with E-state index in [2.05, 4.69) is 4.98 Å². The second-order valence-electron chi connectivity index (χ2n) is 7.61. The lowest BCUT2D eigenvalue weighted by Gasteiger charge is -2.37. The maximum absolute atomic E-state index is 13.6. The predicted octanol–water partition coefficient (Wildman–Crippen LogP) is 4.18. The van der Waals surface area contributed by atoms with E-state index in [1.807, 2.05) is 54.6 Å². The molecule has 2 heterocycles. The fraction of sp³-hybridized carbons (Fsp3) is 0.125. The van der Waals surface area contributed by atoms with Crippen molar-refractivity contribution in [2.45, 2.75) is 17.5 Å². The van der Waals surface area contributed by atoms with Crippen LogP contribution in [0.3, 0.4) is 0 Å². The summed E-state index contributed by atoms with van der Waals surface area (Å²) in [7, 11) is 0. The largest absolute Gasteiger partial charge is 0.301 e. The van der Waals surface area contributed by atoms with Gasteiger partial charge in [0.25, 0.3) is 11.2 Å². The molecule has 1 amide bonds. The number of thioether (sulfide) groups is 1. The van der Waals surface area contributed by atoms with E-state index in [-0.39, 0.29) is 29.6 Å².